The van der Waals surface area contributed by atoms with Gasteiger partial charge in [-0.2, -0.15) is 0 Å². The lowest BCUT2D eigenvalue weighted by Crippen LogP contribution is -2.41. The van der Waals surface area contributed by atoms with Crippen LogP contribution in [0.1, 0.15) is 25.7 Å². The van der Waals surface area contributed by atoms with Crippen LogP contribution in [0.25, 0.3) is 0 Å². The maximum atomic E-state index is 11.8. The molecule has 1 fully saturated rings. The first-order chi connectivity index (χ1) is 7.62. The van der Waals surface area contributed by atoms with E-state index < -0.39 is 24.9 Å². The topological polar surface area (TPSA) is 88.6 Å². The number of carbonyl (C=O) groups is 1. The molecule has 0 saturated heterocycles. The summed E-state index contributed by atoms with van der Waals surface area (Å²) in [5.74, 6) is 0.134. The molecule has 1 aliphatic carbocycles. The largest absolute Gasteiger partial charge is 0.300 e. The lowest BCUT2D eigenvalue weighted by molar-refractivity contribution is -0.120. The smallest absolute Gasteiger partial charge is 0.228 e. The molecule has 0 aromatic carbocycles. The standard InChI is InChI=1S/C9H17NO5S2/c1-10(8-3-5-9(11)6-4-8)17(14,15)7-16(2,12)13/h8H,3-7H2,1-2H3. The van der Waals surface area contributed by atoms with Crippen molar-refractivity contribution in [3.63, 3.8) is 0 Å². The van der Waals surface area contributed by atoms with Crippen molar-refractivity contribution < 1.29 is 21.6 Å². The van der Waals surface area contributed by atoms with Crippen molar-refractivity contribution in [3.8, 4) is 0 Å². The molecule has 1 rings (SSSR count). The third-order valence-electron chi connectivity index (χ3n) is 2.83. The van der Waals surface area contributed by atoms with Crippen LogP contribution in [0, 0.1) is 0 Å². The second kappa shape index (κ2) is 5.03. The molecule has 0 heterocycles. The predicted octanol–water partition coefficient (Wildman–Crippen LogP) is -0.238. The van der Waals surface area contributed by atoms with E-state index in [0.717, 1.165) is 10.6 Å². The molecule has 0 N–H and O–H groups in total. The zero-order valence-electron chi connectivity index (χ0n) is 9.92. The fourth-order valence-corrected chi connectivity index (χ4v) is 5.36. The van der Waals surface area contributed by atoms with Crippen molar-refractivity contribution in [2.75, 3.05) is 18.4 Å². The van der Waals surface area contributed by atoms with E-state index in [1.165, 1.54) is 7.05 Å². The summed E-state index contributed by atoms with van der Waals surface area (Å²) in [6, 6.07) is -0.264. The van der Waals surface area contributed by atoms with Gasteiger partial charge in [0.15, 0.2) is 14.9 Å². The Kier molecular flexibility index (Phi) is 4.32. The molecule has 8 heteroatoms. The molecule has 100 valence electrons. The predicted molar refractivity (Wildman–Crippen MR) is 63.7 cm³/mol. The second-order valence-electron chi connectivity index (χ2n) is 4.44. The highest BCUT2D eigenvalue weighted by Crippen LogP contribution is 2.22. The number of rotatable bonds is 4. The molecule has 6 nitrogen and oxygen atoms in total. The minimum Gasteiger partial charge on any atom is -0.300 e. The number of carbonyl (C=O) groups excluding carboxylic acids is 1. The van der Waals surface area contributed by atoms with Gasteiger partial charge >= 0.3 is 0 Å². The average Bonchev–Trinajstić information content (AvgIpc) is 2.14. The molecule has 0 unspecified atom stereocenters. The van der Waals surface area contributed by atoms with Gasteiger partial charge in [-0.25, -0.2) is 21.1 Å². The number of sulfone groups is 1. The Morgan fingerprint density at radius 3 is 2.06 bits per heavy atom. The molecule has 0 bridgehead atoms. The van der Waals surface area contributed by atoms with E-state index in [-0.39, 0.29) is 11.8 Å². The lowest BCUT2D eigenvalue weighted by atomic mass is 9.95. The molecule has 0 aromatic rings. The third kappa shape index (κ3) is 4.36. The van der Waals surface area contributed by atoms with E-state index in [1.54, 1.807) is 0 Å². The van der Waals surface area contributed by atoms with Crippen LogP contribution in [0.15, 0.2) is 0 Å². The van der Waals surface area contributed by atoms with Crippen LogP contribution < -0.4 is 0 Å². The molecule has 0 spiro atoms. The van der Waals surface area contributed by atoms with Gasteiger partial charge in [0.2, 0.25) is 10.0 Å². The van der Waals surface area contributed by atoms with E-state index in [9.17, 15) is 21.6 Å². The molecular weight excluding hydrogens is 266 g/mol. The normalized spacial score (nSPS) is 19.8. The Morgan fingerprint density at radius 1 is 1.18 bits per heavy atom. The summed E-state index contributed by atoms with van der Waals surface area (Å²) in [5.41, 5.74) is 0. The van der Waals surface area contributed by atoms with Crippen LogP contribution in [-0.4, -0.2) is 51.4 Å². The van der Waals surface area contributed by atoms with Crippen molar-refractivity contribution in [2.24, 2.45) is 0 Å². The van der Waals surface area contributed by atoms with Gasteiger partial charge in [-0.3, -0.25) is 4.79 Å². The minimum atomic E-state index is -3.80. The van der Waals surface area contributed by atoms with E-state index >= 15 is 0 Å². The van der Waals surface area contributed by atoms with Crippen LogP contribution in [-0.2, 0) is 24.7 Å². The van der Waals surface area contributed by atoms with Gasteiger partial charge in [0.25, 0.3) is 0 Å². The maximum Gasteiger partial charge on any atom is 0.228 e. The molecular formula is C9H17NO5S2. The SMILES string of the molecule is CN(C1CCC(=O)CC1)S(=O)(=O)CS(C)(=O)=O. The number of ketones is 1. The summed E-state index contributed by atoms with van der Waals surface area (Å²) in [7, 11) is -6.00. The highest BCUT2D eigenvalue weighted by molar-refractivity contribution is 8.06. The molecule has 1 aliphatic rings. The molecule has 0 atom stereocenters. The van der Waals surface area contributed by atoms with Gasteiger partial charge in [0, 0.05) is 32.2 Å². The fourth-order valence-electron chi connectivity index (χ4n) is 1.87. The minimum absolute atomic E-state index is 0.134. The van der Waals surface area contributed by atoms with Gasteiger partial charge in [0.1, 0.15) is 5.78 Å². The van der Waals surface area contributed by atoms with Crippen molar-refractivity contribution in [3.05, 3.63) is 0 Å². The first-order valence-electron chi connectivity index (χ1n) is 5.27. The lowest BCUT2D eigenvalue weighted by Gasteiger charge is -2.29. The molecule has 0 aromatic heterocycles. The Labute approximate surface area is 102 Å². The monoisotopic (exact) mass is 283 g/mol. The Balaban J connectivity index is 2.75. The summed E-state index contributed by atoms with van der Waals surface area (Å²) in [5, 5.41) is -0.874. The van der Waals surface area contributed by atoms with Gasteiger partial charge in [0.05, 0.1) is 0 Å². The van der Waals surface area contributed by atoms with Crippen LogP contribution in [0.5, 0.6) is 0 Å². The number of nitrogens with zero attached hydrogens (tertiary/aromatic N) is 1. The zero-order chi connectivity index (χ0) is 13.3. The van der Waals surface area contributed by atoms with Crippen molar-refractivity contribution in [1.29, 1.82) is 0 Å². The first-order valence-corrected chi connectivity index (χ1v) is 8.94. The molecule has 17 heavy (non-hydrogen) atoms. The van der Waals surface area contributed by atoms with Crippen LogP contribution in [0.3, 0.4) is 0 Å². The van der Waals surface area contributed by atoms with E-state index in [4.69, 9.17) is 0 Å². The van der Waals surface area contributed by atoms with E-state index in [1.807, 2.05) is 0 Å². The van der Waals surface area contributed by atoms with Crippen LogP contribution in [0.2, 0.25) is 0 Å². The van der Waals surface area contributed by atoms with Gasteiger partial charge in [-0.1, -0.05) is 0 Å². The molecule has 0 aliphatic heterocycles. The quantitative estimate of drug-likeness (QED) is 0.710. The highest BCUT2D eigenvalue weighted by Gasteiger charge is 2.31. The third-order valence-corrected chi connectivity index (χ3v) is 6.91. The summed E-state index contributed by atoms with van der Waals surface area (Å²) >= 11 is 0. The van der Waals surface area contributed by atoms with Gasteiger partial charge in [-0.05, 0) is 12.8 Å². The van der Waals surface area contributed by atoms with E-state index in [2.05, 4.69) is 0 Å². The summed E-state index contributed by atoms with van der Waals surface area (Å²) in [4.78, 5) is 11.0. The fraction of sp³-hybridized carbons (Fsp3) is 0.889. The summed E-state index contributed by atoms with van der Waals surface area (Å²) in [6.07, 6.45) is 2.56. The van der Waals surface area contributed by atoms with Crippen molar-refractivity contribution in [1.82, 2.24) is 4.31 Å². The first kappa shape index (κ1) is 14.6. The summed E-state index contributed by atoms with van der Waals surface area (Å²) in [6.45, 7) is 0. The number of hydrogen-bond donors (Lipinski definition) is 0. The van der Waals surface area contributed by atoms with Crippen molar-refractivity contribution >= 4 is 25.6 Å². The number of hydrogen-bond acceptors (Lipinski definition) is 5. The van der Waals surface area contributed by atoms with Crippen LogP contribution >= 0.6 is 0 Å². The second-order valence-corrected chi connectivity index (χ2v) is 8.98. The van der Waals surface area contributed by atoms with Gasteiger partial charge < -0.3 is 0 Å². The molecule has 0 radical (unpaired) electrons. The average molecular weight is 283 g/mol. The highest BCUT2D eigenvalue weighted by atomic mass is 32.3. The number of sulfonamides is 1. The van der Waals surface area contributed by atoms with Crippen molar-refractivity contribution in [2.45, 2.75) is 31.7 Å². The van der Waals surface area contributed by atoms with Crippen LogP contribution in [0.4, 0.5) is 0 Å². The Morgan fingerprint density at radius 2 is 1.65 bits per heavy atom. The Bertz CT molecular complexity index is 483. The maximum absolute atomic E-state index is 11.8. The van der Waals surface area contributed by atoms with E-state index in [0.29, 0.717) is 25.7 Å². The summed E-state index contributed by atoms with van der Waals surface area (Å²) < 4.78 is 46.7. The zero-order valence-corrected chi connectivity index (χ0v) is 11.6. The van der Waals surface area contributed by atoms with Gasteiger partial charge in [-0.15, -0.1) is 0 Å². The number of Topliss-reactive ketones (excluding diaryl/α,β-unsaturated/α-hetero) is 1. The molecule has 0 amide bonds. The molecule has 1 saturated carbocycles. The Hall–Kier alpha value is -0.470.